The number of aryl methyl sites for hydroxylation is 1. The molecule has 0 spiro atoms. The molecule has 152 valence electrons. The van der Waals surface area contributed by atoms with E-state index in [0.717, 1.165) is 24.9 Å². The number of nitrogens with one attached hydrogen (secondary N) is 2. The van der Waals surface area contributed by atoms with Crippen LogP contribution in [0, 0.1) is 0 Å². The molecule has 0 amide bonds. The molecule has 7 heteroatoms. The van der Waals surface area contributed by atoms with E-state index < -0.39 is 12.8 Å². The van der Waals surface area contributed by atoms with Gasteiger partial charge in [0.2, 0.25) is 0 Å². The number of halogens is 3. The van der Waals surface area contributed by atoms with Crippen LogP contribution in [0.2, 0.25) is 0 Å². The van der Waals surface area contributed by atoms with Gasteiger partial charge in [0.25, 0.3) is 0 Å². The summed E-state index contributed by atoms with van der Waals surface area (Å²) >= 11 is 0. The molecule has 0 saturated heterocycles. The zero-order chi connectivity index (χ0) is 20.2. The highest BCUT2D eigenvalue weighted by molar-refractivity contribution is 5.79. The fourth-order valence-electron chi connectivity index (χ4n) is 2.66. The molecular formula is C21H26F3N3O. The van der Waals surface area contributed by atoms with E-state index in [-0.39, 0.29) is 6.61 Å². The summed E-state index contributed by atoms with van der Waals surface area (Å²) in [5.41, 5.74) is 2.95. The van der Waals surface area contributed by atoms with Crippen LogP contribution in [0.3, 0.4) is 0 Å². The van der Waals surface area contributed by atoms with Crippen LogP contribution in [0.5, 0.6) is 0 Å². The SMILES string of the molecule is CN=C(NCCCc1ccccc1)NCc1cccc(COCC(F)(F)F)c1. The molecule has 4 nitrogen and oxygen atoms in total. The number of hydrogen-bond acceptors (Lipinski definition) is 2. The number of rotatable bonds is 9. The lowest BCUT2D eigenvalue weighted by atomic mass is 10.1. The number of ether oxygens (including phenoxy) is 1. The number of nitrogens with zero attached hydrogens (tertiary/aromatic N) is 1. The van der Waals surface area contributed by atoms with Crippen LogP contribution in [0.1, 0.15) is 23.1 Å². The highest BCUT2D eigenvalue weighted by atomic mass is 19.4. The van der Waals surface area contributed by atoms with Gasteiger partial charge >= 0.3 is 6.18 Å². The van der Waals surface area contributed by atoms with Crippen LogP contribution in [0.4, 0.5) is 13.2 Å². The van der Waals surface area contributed by atoms with Crippen LogP contribution >= 0.6 is 0 Å². The zero-order valence-corrected chi connectivity index (χ0v) is 15.9. The second kappa shape index (κ2) is 11.3. The molecule has 2 rings (SSSR count). The lowest BCUT2D eigenvalue weighted by molar-refractivity contribution is -0.176. The molecule has 0 bridgehead atoms. The third-order valence-corrected chi connectivity index (χ3v) is 3.99. The third kappa shape index (κ3) is 8.90. The minimum absolute atomic E-state index is 0.0696. The van der Waals surface area contributed by atoms with Gasteiger partial charge in [-0.25, -0.2) is 0 Å². The number of aliphatic imine (C=N–C) groups is 1. The normalized spacial score (nSPS) is 12.1. The molecule has 0 aliphatic carbocycles. The van der Waals surface area contributed by atoms with Crippen LogP contribution in [-0.4, -0.2) is 32.3 Å². The maximum absolute atomic E-state index is 12.2. The fourth-order valence-corrected chi connectivity index (χ4v) is 2.66. The molecule has 2 aromatic rings. The summed E-state index contributed by atoms with van der Waals surface area (Å²) in [6.45, 7) is 0.000187. The average molecular weight is 393 g/mol. The first-order chi connectivity index (χ1) is 13.5. The molecule has 0 atom stereocenters. The van der Waals surface area contributed by atoms with Gasteiger partial charge in [0.05, 0.1) is 6.61 Å². The summed E-state index contributed by atoms with van der Waals surface area (Å²) in [4.78, 5) is 4.19. The molecule has 0 fully saturated rings. The Morgan fingerprint density at radius 3 is 2.39 bits per heavy atom. The van der Waals surface area contributed by atoms with Gasteiger partial charge in [0.15, 0.2) is 5.96 Å². The van der Waals surface area contributed by atoms with E-state index in [1.165, 1.54) is 5.56 Å². The second-order valence-corrected chi connectivity index (χ2v) is 6.37. The largest absolute Gasteiger partial charge is 0.411 e. The van der Waals surface area contributed by atoms with Crippen molar-refractivity contribution in [1.82, 2.24) is 10.6 Å². The van der Waals surface area contributed by atoms with E-state index in [4.69, 9.17) is 4.74 Å². The van der Waals surface area contributed by atoms with E-state index in [1.807, 2.05) is 30.3 Å². The van der Waals surface area contributed by atoms with E-state index in [2.05, 4.69) is 27.8 Å². The molecule has 0 unspecified atom stereocenters. The van der Waals surface area contributed by atoms with Crippen molar-refractivity contribution in [1.29, 1.82) is 0 Å². The molecule has 2 N–H and O–H groups in total. The smallest absolute Gasteiger partial charge is 0.367 e. The van der Waals surface area contributed by atoms with E-state index >= 15 is 0 Å². The van der Waals surface area contributed by atoms with E-state index in [0.29, 0.717) is 18.1 Å². The van der Waals surface area contributed by atoms with Crippen LogP contribution in [0.15, 0.2) is 59.6 Å². The molecule has 0 saturated carbocycles. The Morgan fingerprint density at radius 2 is 1.68 bits per heavy atom. The molecule has 0 heterocycles. The van der Waals surface area contributed by atoms with Crippen molar-refractivity contribution in [3.63, 3.8) is 0 Å². The van der Waals surface area contributed by atoms with Crippen molar-refractivity contribution >= 4 is 5.96 Å². The highest BCUT2D eigenvalue weighted by Crippen LogP contribution is 2.16. The zero-order valence-electron chi connectivity index (χ0n) is 15.9. The molecule has 0 aromatic heterocycles. The molecular weight excluding hydrogens is 367 g/mol. The first kappa shape index (κ1) is 21.8. The summed E-state index contributed by atoms with van der Waals surface area (Å²) in [6.07, 6.45) is -2.33. The van der Waals surface area contributed by atoms with Crippen LogP contribution < -0.4 is 10.6 Å². The van der Waals surface area contributed by atoms with E-state index in [9.17, 15) is 13.2 Å². The predicted octanol–water partition coefficient (Wildman–Crippen LogP) is 4.06. The first-order valence-corrected chi connectivity index (χ1v) is 9.17. The second-order valence-electron chi connectivity index (χ2n) is 6.37. The molecule has 0 aliphatic rings. The van der Waals surface area contributed by atoms with Crippen LogP contribution in [-0.2, 0) is 24.3 Å². The van der Waals surface area contributed by atoms with Gasteiger partial charge in [-0.1, -0.05) is 54.6 Å². The van der Waals surface area contributed by atoms with Gasteiger partial charge in [-0.05, 0) is 29.5 Å². The van der Waals surface area contributed by atoms with Crippen molar-refractivity contribution in [3.05, 3.63) is 71.3 Å². The minimum Gasteiger partial charge on any atom is -0.367 e. The molecule has 28 heavy (non-hydrogen) atoms. The molecule has 0 radical (unpaired) electrons. The third-order valence-electron chi connectivity index (χ3n) is 3.99. The summed E-state index contributed by atoms with van der Waals surface area (Å²) < 4.78 is 41.2. The highest BCUT2D eigenvalue weighted by Gasteiger charge is 2.27. The van der Waals surface area contributed by atoms with Gasteiger partial charge in [-0.2, -0.15) is 13.2 Å². The Kier molecular flexibility index (Phi) is 8.81. The van der Waals surface area contributed by atoms with Crippen molar-refractivity contribution < 1.29 is 17.9 Å². The topological polar surface area (TPSA) is 45.7 Å². The van der Waals surface area contributed by atoms with E-state index in [1.54, 1.807) is 19.2 Å². The maximum Gasteiger partial charge on any atom is 0.411 e. The summed E-state index contributed by atoms with van der Waals surface area (Å²) in [6, 6.07) is 17.6. The van der Waals surface area contributed by atoms with Crippen molar-refractivity contribution in [2.75, 3.05) is 20.2 Å². The Morgan fingerprint density at radius 1 is 0.964 bits per heavy atom. The van der Waals surface area contributed by atoms with Crippen molar-refractivity contribution in [3.8, 4) is 0 Å². The number of hydrogen-bond donors (Lipinski definition) is 2. The van der Waals surface area contributed by atoms with Crippen molar-refractivity contribution in [2.24, 2.45) is 4.99 Å². The van der Waals surface area contributed by atoms with Gasteiger partial charge < -0.3 is 15.4 Å². The lowest BCUT2D eigenvalue weighted by Crippen LogP contribution is -2.37. The predicted molar refractivity (Wildman–Crippen MR) is 105 cm³/mol. The Hall–Kier alpha value is -2.54. The Balaban J connectivity index is 1.71. The van der Waals surface area contributed by atoms with Crippen molar-refractivity contribution in [2.45, 2.75) is 32.2 Å². The Bertz CT molecular complexity index is 733. The van der Waals surface area contributed by atoms with Gasteiger partial charge in [-0.3, -0.25) is 4.99 Å². The number of alkyl halides is 3. The maximum atomic E-state index is 12.2. The standard InChI is InChI=1S/C21H26F3N3O/c1-25-20(26-12-6-11-17-7-3-2-4-8-17)27-14-18-9-5-10-19(13-18)15-28-16-21(22,23)24/h2-5,7-10,13H,6,11-12,14-16H2,1H3,(H2,25,26,27). The monoisotopic (exact) mass is 393 g/mol. The van der Waals surface area contributed by atoms with Gasteiger partial charge in [0, 0.05) is 20.1 Å². The Labute approximate surface area is 163 Å². The summed E-state index contributed by atoms with van der Waals surface area (Å²) in [5, 5.41) is 6.47. The van der Waals surface area contributed by atoms with Crippen LogP contribution in [0.25, 0.3) is 0 Å². The summed E-state index contributed by atoms with van der Waals surface area (Å²) in [5.74, 6) is 0.687. The number of benzene rings is 2. The van der Waals surface area contributed by atoms with Gasteiger partial charge in [0.1, 0.15) is 6.61 Å². The first-order valence-electron chi connectivity index (χ1n) is 9.17. The minimum atomic E-state index is -4.31. The summed E-state index contributed by atoms with van der Waals surface area (Å²) in [7, 11) is 1.70. The number of guanidine groups is 1. The van der Waals surface area contributed by atoms with Gasteiger partial charge in [-0.15, -0.1) is 0 Å². The molecule has 2 aromatic carbocycles. The fraction of sp³-hybridized carbons (Fsp3) is 0.381. The quantitative estimate of drug-likeness (QED) is 0.384. The molecule has 0 aliphatic heterocycles. The lowest BCUT2D eigenvalue weighted by Gasteiger charge is -2.13. The average Bonchev–Trinajstić information content (AvgIpc) is 2.67.